The first-order valence-corrected chi connectivity index (χ1v) is 7.38. The Morgan fingerprint density at radius 3 is 2.65 bits per heavy atom. The maximum atomic E-state index is 6.24. The number of benzene rings is 2. The monoisotopic (exact) mass is 287 g/mol. The van der Waals surface area contributed by atoms with Gasteiger partial charge in [0.2, 0.25) is 0 Å². The van der Waals surface area contributed by atoms with Gasteiger partial charge < -0.3 is 10.1 Å². The summed E-state index contributed by atoms with van der Waals surface area (Å²) in [4.78, 5) is 0. The van der Waals surface area contributed by atoms with Crippen LogP contribution in [0.5, 0.6) is 5.75 Å². The number of halogens is 1. The van der Waals surface area contributed by atoms with Gasteiger partial charge in [-0.05, 0) is 36.7 Å². The molecule has 2 aromatic carbocycles. The number of hydrogen-bond acceptors (Lipinski definition) is 2. The smallest absolute Gasteiger partial charge is 0.128 e. The first-order chi connectivity index (χ1) is 9.83. The molecule has 0 saturated carbocycles. The Bertz CT molecular complexity index is 552. The number of hydrogen-bond donors (Lipinski definition) is 1. The molecule has 0 aromatic heterocycles. The van der Waals surface area contributed by atoms with Gasteiger partial charge in [0.1, 0.15) is 11.9 Å². The molecule has 3 rings (SSSR count). The minimum Gasteiger partial charge on any atom is -0.485 e. The van der Waals surface area contributed by atoms with Crippen molar-refractivity contribution in [2.24, 2.45) is 5.92 Å². The second kappa shape index (κ2) is 6.29. The van der Waals surface area contributed by atoms with Crippen molar-refractivity contribution >= 4 is 11.6 Å². The van der Waals surface area contributed by atoms with Crippen LogP contribution in [0.25, 0.3) is 0 Å². The summed E-state index contributed by atoms with van der Waals surface area (Å²) < 4.78 is 6.24. The minimum absolute atomic E-state index is 0.0738. The van der Waals surface area contributed by atoms with Gasteiger partial charge in [-0.3, -0.25) is 0 Å². The average Bonchev–Trinajstić information content (AvgIpc) is 3.00. The Kier molecular flexibility index (Phi) is 4.24. The molecule has 1 N–H and O–H groups in total. The molecule has 1 aliphatic rings. The minimum atomic E-state index is 0.0738. The van der Waals surface area contributed by atoms with Crippen LogP contribution in [-0.4, -0.2) is 13.1 Å². The highest BCUT2D eigenvalue weighted by molar-refractivity contribution is 6.30. The summed E-state index contributed by atoms with van der Waals surface area (Å²) in [6.07, 6.45) is 1.21. The summed E-state index contributed by atoms with van der Waals surface area (Å²) in [6.45, 7) is 2.06. The van der Waals surface area contributed by atoms with Crippen LogP contribution in [-0.2, 0) is 0 Å². The van der Waals surface area contributed by atoms with Crippen LogP contribution in [0.2, 0.25) is 5.02 Å². The quantitative estimate of drug-likeness (QED) is 0.915. The van der Waals surface area contributed by atoms with Crippen LogP contribution in [0.4, 0.5) is 0 Å². The molecule has 0 unspecified atom stereocenters. The molecule has 1 heterocycles. The third kappa shape index (κ3) is 3.14. The Morgan fingerprint density at radius 1 is 1.10 bits per heavy atom. The largest absolute Gasteiger partial charge is 0.485 e. The lowest BCUT2D eigenvalue weighted by Gasteiger charge is -2.25. The molecule has 0 radical (unpaired) electrons. The lowest BCUT2D eigenvalue weighted by atomic mass is 9.95. The van der Waals surface area contributed by atoms with Crippen molar-refractivity contribution in [2.45, 2.75) is 12.5 Å². The van der Waals surface area contributed by atoms with E-state index in [2.05, 4.69) is 29.6 Å². The molecule has 0 spiro atoms. The van der Waals surface area contributed by atoms with Gasteiger partial charge in [0.05, 0.1) is 0 Å². The topological polar surface area (TPSA) is 21.3 Å². The van der Waals surface area contributed by atoms with E-state index < -0.39 is 0 Å². The highest BCUT2D eigenvalue weighted by atomic mass is 35.5. The van der Waals surface area contributed by atoms with E-state index in [1.807, 2.05) is 30.3 Å². The first kappa shape index (κ1) is 13.5. The van der Waals surface area contributed by atoms with Crippen molar-refractivity contribution in [2.75, 3.05) is 13.1 Å². The number of ether oxygens (including phenoxy) is 1. The zero-order valence-corrected chi connectivity index (χ0v) is 12.0. The molecule has 0 amide bonds. The lowest BCUT2D eigenvalue weighted by Crippen LogP contribution is -2.21. The van der Waals surface area contributed by atoms with Crippen LogP contribution in [0.1, 0.15) is 18.1 Å². The van der Waals surface area contributed by atoms with Crippen LogP contribution >= 0.6 is 11.6 Å². The molecular weight excluding hydrogens is 270 g/mol. The molecule has 0 bridgehead atoms. The van der Waals surface area contributed by atoms with Crippen LogP contribution < -0.4 is 10.1 Å². The van der Waals surface area contributed by atoms with E-state index in [0.717, 1.165) is 25.3 Å². The fourth-order valence-corrected chi connectivity index (χ4v) is 2.88. The van der Waals surface area contributed by atoms with Crippen LogP contribution in [0.15, 0.2) is 54.6 Å². The van der Waals surface area contributed by atoms with Gasteiger partial charge >= 0.3 is 0 Å². The normalized spacial score (nSPS) is 19.8. The molecule has 2 aromatic rings. The van der Waals surface area contributed by atoms with E-state index >= 15 is 0 Å². The van der Waals surface area contributed by atoms with Crippen LogP contribution in [0.3, 0.4) is 0 Å². The van der Waals surface area contributed by atoms with Gasteiger partial charge in [-0.15, -0.1) is 0 Å². The highest BCUT2D eigenvalue weighted by Crippen LogP contribution is 2.32. The van der Waals surface area contributed by atoms with E-state index in [4.69, 9.17) is 16.3 Å². The van der Waals surface area contributed by atoms with Crippen molar-refractivity contribution < 1.29 is 4.74 Å². The van der Waals surface area contributed by atoms with E-state index in [1.165, 1.54) is 5.56 Å². The first-order valence-electron chi connectivity index (χ1n) is 7.01. The number of rotatable bonds is 4. The second-order valence-corrected chi connectivity index (χ2v) is 5.60. The Labute approximate surface area is 124 Å². The van der Waals surface area contributed by atoms with Crippen molar-refractivity contribution in [3.8, 4) is 5.75 Å². The third-order valence-corrected chi connectivity index (χ3v) is 3.95. The molecule has 3 heteroatoms. The lowest BCUT2D eigenvalue weighted by molar-refractivity contribution is 0.144. The molecule has 104 valence electrons. The molecular formula is C17H18ClNO. The molecule has 1 saturated heterocycles. The maximum Gasteiger partial charge on any atom is 0.128 e. The summed E-state index contributed by atoms with van der Waals surface area (Å²) in [7, 11) is 0. The van der Waals surface area contributed by atoms with Gasteiger partial charge in [-0.2, -0.15) is 0 Å². The zero-order chi connectivity index (χ0) is 13.8. The number of nitrogens with one attached hydrogen (secondary N) is 1. The van der Waals surface area contributed by atoms with Crippen molar-refractivity contribution in [1.82, 2.24) is 5.32 Å². The molecule has 1 aliphatic heterocycles. The van der Waals surface area contributed by atoms with Gasteiger partial charge in [-0.1, -0.05) is 48.0 Å². The highest BCUT2D eigenvalue weighted by Gasteiger charge is 2.27. The van der Waals surface area contributed by atoms with E-state index in [9.17, 15) is 0 Å². The SMILES string of the molecule is Clc1cccc(O[C@H](c2ccccc2)[C@@H]2CCNC2)c1. The predicted molar refractivity (Wildman–Crippen MR) is 82.2 cm³/mol. The third-order valence-electron chi connectivity index (χ3n) is 3.71. The fraction of sp³-hybridized carbons (Fsp3) is 0.294. The van der Waals surface area contributed by atoms with E-state index in [-0.39, 0.29) is 6.10 Å². The molecule has 0 aliphatic carbocycles. The zero-order valence-electron chi connectivity index (χ0n) is 11.3. The summed E-state index contributed by atoms with van der Waals surface area (Å²) in [5.41, 5.74) is 1.22. The van der Waals surface area contributed by atoms with Gasteiger partial charge in [0, 0.05) is 17.5 Å². The molecule has 2 atom stereocenters. The Hall–Kier alpha value is -1.51. The Balaban J connectivity index is 1.85. The van der Waals surface area contributed by atoms with Gasteiger partial charge in [0.25, 0.3) is 0 Å². The summed E-state index contributed by atoms with van der Waals surface area (Å²) in [5.74, 6) is 1.33. The predicted octanol–water partition coefficient (Wildman–Crippen LogP) is 4.07. The van der Waals surface area contributed by atoms with E-state index in [1.54, 1.807) is 0 Å². The summed E-state index contributed by atoms with van der Waals surface area (Å²) >= 11 is 6.04. The summed E-state index contributed by atoms with van der Waals surface area (Å²) in [5, 5.41) is 4.12. The fourth-order valence-electron chi connectivity index (χ4n) is 2.70. The average molecular weight is 288 g/mol. The Morgan fingerprint density at radius 2 is 1.95 bits per heavy atom. The maximum absolute atomic E-state index is 6.24. The van der Waals surface area contributed by atoms with Crippen molar-refractivity contribution in [3.63, 3.8) is 0 Å². The molecule has 2 nitrogen and oxygen atoms in total. The van der Waals surface area contributed by atoms with Crippen LogP contribution in [0, 0.1) is 5.92 Å². The van der Waals surface area contributed by atoms with Gasteiger partial charge in [-0.25, -0.2) is 0 Å². The standard InChI is InChI=1S/C17H18ClNO/c18-15-7-4-8-16(11-15)20-17(14-9-10-19-12-14)13-5-2-1-3-6-13/h1-8,11,14,17,19H,9-10,12H2/t14-,17-/m1/s1. The second-order valence-electron chi connectivity index (χ2n) is 5.16. The van der Waals surface area contributed by atoms with E-state index in [0.29, 0.717) is 10.9 Å². The summed E-state index contributed by atoms with van der Waals surface area (Å²) in [6, 6.07) is 18.0. The van der Waals surface area contributed by atoms with Crippen molar-refractivity contribution in [3.05, 3.63) is 65.2 Å². The molecule has 1 fully saturated rings. The van der Waals surface area contributed by atoms with Gasteiger partial charge in [0.15, 0.2) is 0 Å². The molecule has 20 heavy (non-hydrogen) atoms. The van der Waals surface area contributed by atoms with Crippen molar-refractivity contribution in [1.29, 1.82) is 0 Å².